The fourth-order valence-electron chi connectivity index (χ4n) is 4.43. The van der Waals surface area contributed by atoms with E-state index in [4.69, 9.17) is 4.42 Å². The molecule has 0 radical (unpaired) electrons. The summed E-state index contributed by atoms with van der Waals surface area (Å²) >= 11 is 0. The van der Waals surface area contributed by atoms with Gasteiger partial charge in [0.1, 0.15) is 5.76 Å². The Morgan fingerprint density at radius 1 is 1.18 bits per heavy atom. The maximum absolute atomic E-state index is 13.1. The van der Waals surface area contributed by atoms with Crippen LogP contribution in [-0.2, 0) is 18.6 Å². The Kier molecular flexibility index (Phi) is 6.21. The number of hydrogen-bond donors (Lipinski definition) is 1. The largest absolute Gasteiger partial charge is 0.468 e. The van der Waals surface area contributed by atoms with Crippen LogP contribution in [0.3, 0.4) is 0 Å². The molecule has 0 bridgehead atoms. The summed E-state index contributed by atoms with van der Waals surface area (Å²) in [6.07, 6.45) is 2.45. The van der Waals surface area contributed by atoms with Gasteiger partial charge in [0.25, 0.3) is 5.56 Å². The van der Waals surface area contributed by atoms with Crippen molar-refractivity contribution in [2.24, 2.45) is 0 Å². The Bertz CT molecular complexity index is 1300. The number of aryl methyl sites for hydroxylation is 2. The molecular formula is C25H32N6O2. The number of furan rings is 1. The van der Waals surface area contributed by atoms with Gasteiger partial charge in [-0.05, 0) is 86.7 Å². The van der Waals surface area contributed by atoms with Gasteiger partial charge in [0.2, 0.25) is 0 Å². The Morgan fingerprint density at radius 3 is 2.64 bits per heavy atom. The molecule has 4 aromatic rings. The molecule has 33 heavy (non-hydrogen) atoms. The minimum atomic E-state index is -0.266. The van der Waals surface area contributed by atoms with E-state index < -0.39 is 0 Å². The van der Waals surface area contributed by atoms with E-state index in [0.717, 1.165) is 34.5 Å². The van der Waals surface area contributed by atoms with Gasteiger partial charge >= 0.3 is 0 Å². The van der Waals surface area contributed by atoms with Crippen LogP contribution in [0.4, 0.5) is 0 Å². The first-order valence-electron chi connectivity index (χ1n) is 11.4. The molecule has 174 valence electrons. The number of nitrogens with one attached hydrogen (secondary N) is 1. The van der Waals surface area contributed by atoms with E-state index in [-0.39, 0.29) is 17.1 Å². The molecule has 3 heterocycles. The van der Waals surface area contributed by atoms with Gasteiger partial charge in [-0.1, -0.05) is 18.6 Å². The predicted molar refractivity (Wildman–Crippen MR) is 128 cm³/mol. The van der Waals surface area contributed by atoms with Crippen LogP contribution in [0.15, 0.2) is 45.8 Å². The number of nitrogens with zero attached hydrogens (tertiary/aromatic N) is 5. The highest BCUT2D eigenvalue weighted by Gasteiger charge is 2.30. The second-order valence-electron chi connectivity index (χ2n) is 9.70. The Labute approximate surface area is 193 Å². The average molecular weight is 449 g/mol. The highest BCUT2D eigenvalue weighted by Crippen LogP contribution is 2.29. The first kappa shape index (κ1) is 22.9. The molecule has 8 heteroatoms. The smallest absolute Gasteiger partial charge is 0.252 e. The number of pyridine rings is 1. The van der Waals surface area contributed by atoms with E-state index in [0.29, 0.717) is 18.7 Å². The van der Waals surface area contributed by atoms with Gasteiger partial charge < -0.3 is 9.40 Å². The molecule has 1 N–H and O–H groups in total. The topological polar surface area (TPSA) is 92.8 Å². The van der Waals surface area contributed by atoms with Crippen molar-refractivity contribution in [1.82, 2.24) is 30.1 Å². The van der Waals surface area contributed by atoms with E-state index in [1.165, 1.54) is 5.56 Å². The number of tetrazole rings is 1. The number of benzene rings is 1. The third kappa shape index (κ3) is 4.75. The molecular weight excluding hydrogens is 416 g/mol. The summed E-state index contributed by atoms with van der Waals surface area (Å²) in [6, 6.07) is 9.92. The first-order chi connectivity index (χ1) is 15.7. The standard InChI is InChI=1S/C25H32N6O2/c1-7-21(23-27-28-29-31(23)25(4,5)6)30(15-20-9-8-10-33-20)14-19-13-18-12-16(2)11-17(3)22(18)26-24(19)32/h8-13,21H,7,14-15H2,1-6H3,(H,26,32)/t21-/m0/s1. The van der Waals surface area contributed by atoms with Crippen molar-refractivity contribution in [3.8, 4) is 0 Å². The molecule has 3 aromatic heterocycles. The zero-order valence-electron chi connectivity index (χ0n) is 20.2. The maximum Gasteiger partial charge on any atom is 0.252 e. The van der Waals surface area contributed by atoms with Crippen LogP contribution in [0, 0.1) is 13.8 Å². The molecule has 0 aliphatic carbocycles. The number of hydrogen-bond acceptors (Lipinski definition) is 6. The number of fused-ring (bicyclic) bond motifs is 1. The van der Waals surface area contributed by atoms with E-state index >= 15 is 0 Å². The lowest BCUT2D eigenvalue weighted by molar-refractivity contribution is 0.142. The molecule has 0 fully saturated rings. The van der Waals surface area contributed by atoms with Crippen LogP contribution in [0.2, 0.25) is 0 Å². The van der Waals surface area contributed by atoms with Crippen molar-refractivity contribution in [3.05, 3.63) is 75.2 Å². The van der Waals surface area contributed by atoms with Gasteiger partial charge in [-0.3, -0.25) is 9.69 Å². The lowest BCUT2D eigenvalue weighted by atomic mass is 10.0. The highest BCUT2D eigenvalue weighted by atomic mass is 16.3. The van der Waals surface area contributed by atoms with Crippen molar-refractivity contribution in [2.75, 3.05) is 0 Å². The molecule has 0 unspecified atom stereocenters. The highest BCUT2D eigenvalue weighted by molar-refractivity contribution is 5.82. The van der Waals surface area contributed by atoms with Gasteiger partial charge in [0, 0.05) is 12.1 Å². The molecule has 0 saturated heterocycles. The average Bonchev–Trinajstić information content (AvgIpc) is 3.42. The van der Waals surface area contributed by atoms with E-state index in [2.05, 4.69) is 72.2 Å². The van der Waals surface area contributed by atoms with Crippen LogP contribution in [0.1, 0.15) is 68.4 Å². The van der Waals surface area contributed by atoms with E-state index in [9.17, 15) is 4.79 Å². The lowest BCUT2D eigenvalue weighted by Gasteiger charge is -2.31. The van der Waals surface area contributed by atoms with Crippen molar-refractivity contribution in [2.45, 2.75) is 72.6 Å². The Balaban J connectivity index is 1.78. The number of aromatic amines is 1. The van der Waals surface area contributed by atoms with Crippen molar-refractivity contribution in [3.63, 3.8) is 0 Å². The summed E-state index contributed by atoms with van der Waals surface area (Å²) in [5.74, 6) is 1.60. The molecule has 4 rings (SSSR count). The minimum absolute atomic E-state index is 0.0795. The van der Waals surface area contributed by atoms with Crippen molar-refractivity contribution >= 4 is 10.9 Å². The Morgan fingerprint density at radius 2 is 1.97 bits per heavy atom. The van der Waals surface area contributed by atoms with Crippen LogP contribution in [-0.4, -0.2) is 30.1 Å². The quantitative estimate of drug-likeness (QED) is 0.443. The van der Waals surface area contributed by atoms with Crippen molar-refractivity contribution in [1.29, 1.82) is 0 Å². The monoisotopic (exact) mass is 448 g/mol. The summed E-state index contributed by atoms with van der Waals surface area (Å²) in [6.45, 7) is 13.4. The Hall–Kier alpha value is -3.26. The van der Waals surface area contributed by atoms with Gasteiger partial charge in [0.05, 0.1) is 29.9 Å². The summed E-state index contributed by atoms with van der Waals surface area (Å²) in [4.78, 5) is 18.4. The number of H-pyrrole nitrogens is 1. The molecule has 0 amide bonds. The van der Waals surface area contributed by atoms with Gasteiger partial charge in [-0.2, -0.15) is 0 Å². The summed E-state index contributed by atoms with van der Waals surface area (Å²) < 4.78 is 7.53. The maximum atomic E-state index is 13.1. The van der Waals surface area contributed by atoms with Gasteiger partial charge in [-0.25, -0.2) is 4.68 Å². The summed E-state index contributed by atoms with van der Waals surface area (Å²) in [7, 11) is 0. The van der Waals surface area contributed by atoms with E-state index in [1.807, 2.05) is 29.8 Å². The third-order valence-electron chi connectivity index (χ3n) is 5.94. The second kappa shape index (κ2) is 8.94. The molecule has 0 aliphatic heterocycles. The molecule has 8 nitrogen and oxygen atoms in total. The lowest BCUT2D eigenvalue weighted by Crippen LogP contribution is -2.35. The zero-order chi connectivity index (χ0) is 23.8. The molecule has 0 spiro atoms. The zero-order valence-corrected chi connectivity index (χ0v) is 20.2. The molecule has 1 aromatic carbocycles. The number of rotatable bonds is 7. The van der Waals surface area contributed by atoms with Crippen LogP contribution < -0.4 is 5.56 Å². The van der Waals surface area contributed by atoms with Gasteiger partial charge in [-0.15, -0.1) is 5.10 Å². The first-order valence-corrected chi connectivity index (χ1v) is 11.4. The van der Waals surface area contributed by atoms with Crippen LogP contribution in [0.5, 0.6) is 0 Å². The summed E-state index contributed by atoms with van der Waals surface area (Å²) in [5.41, 5.74) is 3.48. The summed E-state index contributed by atoms with van der Waals surface area (Å²) in [5, 5.41) is 13.6. The van der Waals surface area contributed by atoms with Gasteiger partial charge in [0.15, 0.2) is 5.82 Å². The van der Waals surface area contributed by atoms with Crippen LogP contribution >= 0.6 is 0 Å². The van der Waals surface area contributed by atoms with E-state index in [1.54, 1.807) is 6.26 Å². The number of aromatic nitrogens is 5. The predicted octanol–water partition coefficient (Wildman–Crippen LogP) is 4.63. The fraction of sp³-hybridized carbons (Fsp3) is 0.440. The second-order valence-corrected chi connectivity index (χ2v) is 9.70. The minimum Gasteiger partial charge on any atom is -0.468 e. The third-order valence-corrected chi connectivity index (χ3v) is 5.94. The SMILES string of the molecule is CC[C@@H](c1nnnn1C(C)(C)C)N(Cc1ccco1)Cc1cc2cc(C)cc(C)c2[nH]c1=O. The molecule has 1 atom stereocenters. The van der Waals surface area contributed by atoms with Crippen LogP contribution in [0.25, 0.3) is 10.9 Å². The molecule has 0 aliphatic rings. The fourth-order valence-corrected chi connectivity index (χ4v) is 4.43. The normalized spacial score (nSPS) is 13.2. The molecule has 0 saturated carbocycles. The van der Waals surface area contributed by atoms with Crippen molar-refractivity contribution < 1.29 is 4.42 Å².